The van der Waals surface area contributed by atoms with Gasteiger partial charge in [0.15, 0.2) is 0 Å². The van der Waals surface area contributed by atoms with E-state index >= 15 is 0 Å². The van der Waals surface area contributed by atoms with E-state index in [9.17, 15) is 0 Å². The minimum atomic E-state index is 0.459. The van der Waals surface area contributed by atoms with Crippen LogP contribution in [-0.4, -0.2) is 23.3 Å². The molecule has 118 valence electrons. The predicted molar refractivity (Wildman–Crippen MR) is 96.6 cm³/mol. The van der Waals surface area contributed by atoms with E-state index in [-0.39, 0.29) is 0 Å². The quantitative estimate of drug-likeness (QED) is 0.550. The number of pyridine rings is 1. The number of hydrogen-bond acceptors (Lipinski definition) is 3. The van der Waals surface area contributed by atoms with Crippen LogP contribution in [-0.2, 0) is 12.8 Å². The Morgan fingerprint density at radius 3 is 2.77 bits per heavy atom. The molecule has 0 aliphatic carbocycles. The molecule has 0 bridgehead atoms. The molecule has 0 saturated carbocycles. The summed E-state index contributed by atoms with van der Waals surface area (Å²) in [6.07, 6.45) is 5.27. The Kier molecular flexibility index (Phi) is 7.47. The first kappa shape index (κ1) is 17.0. The van der Waals surface area contributed by atoms with Crippen LogP contribution in [0, 0.1) is 0 Å². The van der Waals surface area contributed by atoms with Crippen LogP contribution in [0.1, 0.15) is 31.5 Å². The number of nitrogens with one attached hydrogen (secondary N) is 1. The molecule has 2 nitrogen and oxygen atoms in total. The predicted octanol–water partition coefficient (Wildman–Crippen LogP) is 4.35. The summed E-state index contributed by atoms with van der Waals surface area (Å²) < 4.78 is 0. The number of benzene rings is 1. The Hall–Kier alpha value is -1.32. The molecule has 1 N–H and O–H groups in total. The molecule has 0 aliphatic heterocycles. The molecule has 1 unspecified atom stereocenters. The summed E-state index contributed by atoms with van der Waals surface area (Å²) in [4.78, 5) is 5.83. The zero-order valence-corrected chi connectivity index (χ0v) is 14.4. The van der Waals surface area contributed by atoms with Gasteiger partial charge in [-0.1, -0.05) is 31.5 Å². The largest absolute Gasteiger partial charge is 0.313 e. The van der Waals surface area contributed by atoms with Crippen molar-refractivity contribution < 1.29 is 0 Å². The first-order valence-electron chi connectivity index (χ1n) is 8.13. The van der Waals surface area contributed by atoms with Crippen LogP contribution < -0.4 is 5.32 Å². The smallest absolute Gasteiger partial charge is 0.0421 e. The van der Waals surface area contributed by atoms with Gasteiger partial charge in [0.1, 0.15) is 0 Å². The molecule has 1 aromatic carbocycles. The first-order chi connectivity index (χ1) is 10.8. The number of nitrogens with zero attached hydrogens (tertiary/aromatic N) is 1. The molecule has 0 radical (unpaired) electrons. The Bertz CT molecular complexity index is 542. The normalized spacial score (nSPS) is 12.3. The molecule has 1 aromatic heterocycles. The summed E-state index contributed by atoms with van der Waals surface area (Å²) in [5.41, 5.74) is 2.60. The molecular formula is C19H26N2S. The molecule has 0 fully saturated rings. The minimum Gasteiger partial charge on any atom is -0.313 e. The fraction of sp³-hybridized carbons (Fsp3) is 0.421. The SMILES string of the molecule is CCCc1ccnc(CC(C)NCCSc2ccccc2)c1. The number of rotatable bonds is 9. The van der Waals surface area contributed by atoms with Crippen molar-refractivity contribution in [2.75, 3.05) is 12.3 Å². The highest BCUT2D eigenvalue weighted by Gasteiger charge is 2.05. The molecule has 0 saturated heterocycles. The van der Waals surface area contributed by atoms with Gasteiger partial charge < -0.3 is 5.32 Å². The second-order valence-electron chi connectivity index (χ2n) is 5.63. The molecule has 1 heterocycles. The van der Waals surface area contributed by atoms with Crippen LogP contribution in [0.2, 0.25) is 0 Å². The zero-order chi connectivity index (χ0) is 15.6. The second-order valence-corrected chi connectivity index (χ2v) is 6.79. The zero-order valence-electron chi connectivity index (χ0n) is 13.6. The third-order valence-corrected chi connectivity index (χ3v) is 4.56. The molecule has 3 heteroatoms. The summed E-state index contributed by atoms with van der Waals surface area (Å²) in [7, 11) is 0. The number of thioether (sulfide) groups is 1. The van der Waals surface area contributed by atoms with Crippen LogP contribution >= 0.6 is 11.8 Å². The van der Waals surface area contributed by atoms with Crippen LogP contribution in [0.5, 0.6) is 0 Å². The fourth-order valence-electron chi connectivity index (χ4n) is 2.46. The highest BCUT2D eigenvalue weighted by atomic mass is 32.2. The maximum atomic E-state index is 4.49. The van der Waals surface area contributed by atoms with Crippen molar-refractivity contribution in [3.8, 4) is 0 Å². The lowest BCUT2D eigenvalue weighted by Gasteiger charge is -2.13. The van der Waals surface area contributed by atoms with E-state index in [0.29, 0.717) is 6.04 Å². The van der Waals surface area contributed by atoms with Gasteiger partial charge >= 0.3 is 0 Å². The minimum absolute atomic E-state index is 0.459. The van der Waals surface area contributed by atoms with Gasteiger partial charge in [0, 0.05) is 41.5 Å². The topological polar surface area (TPSA) is 24.9 Å². The van der Waals surface area contributed by atoms with Crippen LogP contribution in [0.25, 0.3) is 0 Å². The molecule has 2 rings (SSSR count). The van der Waals surface area contributed by atoms with Gasteiger partial charge in [0.25, 0.3) is 0 Å². The van der Waals surface area contributed by atoms with Crippen molar-refractivity contribution in [3.05, 3.63) is 59.9 Å². The summed E-state index contributed by atoms with van der Waals surface area (Å²) in [6.45, 7) is 5.48. The van der Waals surface area contributed by atoms with Crippen molar-refractivity contribution in [1.29, 1.82) is 0 Å². The Labute approximate surface area is 138 Å². The molecule has 0 aliphatic rings. The summed E-state index contributed by atoms with van der Waals surface area (Å²) >= 11 is 1.90. The number of hydrogen-bond donors (Lipinski definition) is 1. The van der Waals surface area contributed by atoms with E-state index in [1.54, 1.807) is 0 Å². The van der Waals surface area contributed by atoms with Crippen LogP contribution in [0.15, 0.2) is 53.6 Å². The maximum absolute atomic E-state index is 4.49. The fourth-order valence-corrected chi connectivity index (χ4v) is 3.27. The molecule has 1 atom stereocenters. The average Bonchev–Trinajstić information content (AvgIpc) is 2.53. The standard InChI is InChI=1S/C19H26N2S/c1-3-7-17-10-11-21-18(15-17)14-16(2)20-12-13-22-19-8-5-4-6-9-19/h4-6,8-11,15-16,20H,3,7,12-14H2,1-2H3. The van der Waals surface area contributed by atoms with E-state index in [2.05, 4.69) is 66.6 Å². The van der Waals surface area contributed by atoms with Crippen molar-refractivity contribution in [2.24, 2.45) is 0 Å². The van der Waals surface area contributed by atoms with E-state index < -0.39 is 0 Å². The Morgan fingerprint density at radius 1 is 1.18 bits per heavy atom. The van der Waals surface area contributed by atoms with Gasteiger partial charge in [-0.25, -0.2) is 0 Å². The Balaban J connectivity index is 1.69. The maximum Gasteiger partial charge on any atom is 0.0421 e. The monoisotopic (exact) mass is 314 g/mol. The van der Waals surface area contributed by atoms with E-state index in [4.69, 9.17) is 0 Å². The highest BCUT2D eigenvalue weighted by molar-refractivity contribution is 7.99. The second kappa shape index (κ2) is 9.65. The van der Waals surface area contributed by atoms with Gasteiger partial charge in [-0.3, -0.25) is 4.98 Å². The first-order valence-corrected chi connectivity index (χ1v) is 9.11. The van der Waals surface area contributed by atoms with Crippen LogP contribution in [0.3, 0.4) is 0 Å². The lowest BCUT2D eigenvalue weighted by atomic mass is 10.1. The van der Waals surface area contributed by atoms with E-state index in [1.807, 2.05) is 18.0 Å². The third-order valence-electron chi connectivity index (χ3n) is 3.54. The van der Waals surface area contributed by atoms with Crippen molar-refractivity contribution >= 4 is 11.8 Å². The van der Waals surface area contributed by atoms with E-state index in [0.717, 1.165) is 25.1 Å². The van der Waals surface area contributed by atoms with Crippen molar-refractivity contribution in [1.82, 2.24) is 10.3 Å². The van der Waals surface area contributed by atoms with Crippen molar-refractivity contribution in [2.45, 2.75) is 44.0 Å². The third kappa shape index (κ3) is 6.20. The van der Waals surface area contributed by atoms with Gasteiger partial charge in [-0.15, -0.1) is 11.8 Å². The molecule has 0 amide bonds. The van der Waals surface area contributed by atoms with E-state index in [1.165, 1.54) is 22.6 Å². The van der Waals surface area contributed by atoms with Crippen LogP contribution in [0.4, 0.5) is 0 Å². The summed E-state index contributed by atoms with van der Waals surface area (Å²) in [6, 6.07) is 15.4. The molecule has 0 spiro atoms. The summed E-state index contributed by atoms with van der Waals surface area (Å²) in [5.74, 6) is 1.09. The average molecular weight is 314 g/mol. The lowest BCUT2D eigenvalue weighted by Crippen LogP contribution is -2.30. The molecular weight excluding hydrogens is 288 g/mol. The number of aromatic nitrogens is 1. The Morgan fingerprint density at radius 2 is 2.00 bits per heavy atom. The number of aryl methyl sites for hydroxylation is 1. The van der Waals surface area contributed by atoms with Gasteiger partial charge in [-0.2, -0.15) is 0 Å². The van der Waals surface area contributed by atoms with Gasteiger partial charge in [0.05, 0.1) is 0 Å². The van der Waals surface area contributed by atoms with Gasteiger partial charge in [0.2, 0.25) is 0 Å². The van der Waals surface area contributed by atoms with Crippen molar-refractivity contribution in [3.63, 3.8) is 0 Å². The highest BCUT2D eigenvalue weighted by Crippen LogP contribution is 2.16. The lowest BCUT2D eigenvalue weighted by molar-refractivity contribution is 0.561. The summed E-state index contributed by atoms with van der Waals surface area (Å²) in [5, 5.41) is 3.59. The molecule has 22 heavy (non-hydrogen) atoms. The molecule has 2 aromatic rings. The van der Waals surface area contributed by atoms with Gasteiger partial charge in [-0.05, 0) is 43.2 Å².